The number of thiocarbonyl (C=S) groups is 1. The van der Waals surface area contributed by atoms with Crippen LogP contribution in [0, 0.1) is 11.3 Å². The predicted octanol–water partition coefficient (Wildman–Crippen LogP) is 1.38. The van der Waals surface area contributed by atoms with E-state index in [1.165, 1.54) is 0 Å². The SMILES string of the molecule is N#CCC(=S)NCC(F)(F)F. The Morgan fingerprint density at radius 1 is 1.55 bits per heavy atom. The molecule has 0 aromatic rings. The molecular formula is C5H5F3N2S. The molecule has 6 heteroatoms. The van der Waals surface area contributed by atoms with Crippen LogP contribution >= 0.6 is 12.2 Å². The standard InChI is InChI=1S/C5H5F3N2S/c6-5(7,8)3-10-4(11)1-2-9/h1,3H2,(H,10,11). The van der Waals surface area contributed by atoms with Crippen molar-refractivity contribution in [1.29, 1.82) is 5.26 Å². The minimum Gasteiger partial charge on any atom is -0.370 e. The molecule has 0 aliphatic heterocycles. The van der Waals surface area contributed by atoms with Gasteiger partial charge in [0, 0.05) is 0 Å². The fraction of sp³-hybridized carbons (Fsp3) is 0.600. The Hall–Kier alpha value is -0.830. The molecule has 0 fully saturated rings. The monoisotopic (exact) mass is 182 g/mol. The van der Waals surface area contributed by atoms with E-state index in [2.05, 4.69) is 12.2 Å². The van der Waals surface area contributed by atoms with Crippen LogP contribution in [0.3, 0.4) is 0 Å². The number of alkyl halides is 3. The number of nitrogens with one attached hydrogen (secondary N) is 1. The van der Waals surface area contributed by atoms with Crippen molar-refractivity contribution in [2.24, 2.45) is 0 Å². The van der Waals surface area contributed by atoms with Crippen LogP contribution in [0.4, 0.5) is 13.2 Å². The fourth-order valence-corrected chi connectivity index (χ4v) is 0.470. The topological polar surface area (TPSA) is 35.8 Å². The molecule has 0 bridgehead atoms. The first-order valence-electron chi connectivity index (χ1n) is 2.66. The van der Waals surface area contributed by atoms with Crippen LogP contribution in [0.15, 0.2) is 0 Å². The summed E-state index contributed by atoms with van der Waals surface area (Å²) in [7, 11) is 0. The van der Waals surface area contributed by atoms with Crippen LogP contribution in [-0.2, 0) is 0 Å². The molecule has 62 valence electrons. The van der Waals surface area contributed by atoms with Gasteiger partial charge in [0.1, 0.15) is 6.54 Å². The highest BCUT2D eigenvalue weighted by Crippen LogP contribution is 2.12. The summed E-state index contributed by atoms with van der Waals surface area (Å²) in [6, 6.07) is 1.63. The Labute approximate surface area is 67.0 Å². The highest BCUT2D eigenvalue weighted by atomic mass is 32.1. The lowest BCUT2D eigenvalue weighted by Crippen LogP contribution is -2.32. The van der Waals surface area contributed by atoms with Gasteiger partial charge in [-0.1, -0.05) is 12.2 Å². The third-order valence-electron chi connectivity index (χ3n) is 0.726. The van der Waals surface area contributed by atoms with Gasteiger partial charge in [-0.15, -0.1) is 0 Å². The van der Waals surface area contributed by atoms with Crippen LogP contribution < -0.4 is 5.32 Å². The van der Waals surface area contributed by atoms with Crippen LogP contribution in [-0.4, -0.2) is 17.7 Å². The van der Waals surface area contributed by atoms with E-state index in [0.29, 0.717) is 0 Å². The molecule has 0 aromatic heterocycles. The van der Waals surface area contributed by atoms with E-state index < -0.39 is 12.7 Å². The lowest BCUT2D eigenvalue weighted by Gasteiger charge is -2.07. The van der Waals surface area contributed by atoms with E-state index >= 15 is 0 Å². The van der Waals surface area contributed by atoms with Gasteiger partial charge in [-0.05, 0) is 0 Å². The Balaban J connectivity index is 3.57. The second kappa shape index (κ2) is 4.13. The maximum Gasteiger partial charge on any atom is 0.405 e. The highest BCUT2D eigenvalue weighted by Gasteiger charge is 2.26. The summed E-state index contributed by atoms with van der Waals surface area (Å²) < 4.78 is 34.4. The van der Waals surface area contributed by atoms with Crippen molar-refractivity contribution < 1.29 is 13.2 Å². The van der Waals surface area contributed by atoms with Gasteiger partial charge in [0.2, 0.25) is 0 Å². The molecule has 0 radical (unpaired) electrons. The number of nitriles is 1. The summed E-state index contributed by atoms with van der Waals surface area (Å²) in [5.74, 6) is 0. The summed E-state index contributed by atoms with van der Waals surface area (Å²) in [5, 5.41) is 9.91. The van der Waals surface area contributed by atoms with Gasteiger partial charge < -0.3 is 5.32 Å². The quantitative estimate of drug-likeness (QED) is 0.655. The van der Waals surface area contributed by atoms with Crippen molar-refractivity contribution in [3.63, 3.8) is 0 Å². The summed E-state index contributed by atoms with van der Waals surface area (Å²) in [6.45, 7) is -1.17. The first-order chi connectivity index (χ1) is 4.95. The lowest BCUT2D eigenvalue weighted by atomic mass is 10.4. The van der Waals surface area contributed by atoms with Gasteiger partial charge in [0.05, 0.1) is 17.5 Å². The second-order valence-corrected chi connectivity index (χ2v) is 2.22. The highest BCUT2D eigenvalue weighted by molar-refractivity contribution is 7.80. The molecule has 2 nitrogen and oxygen atoms in total. The van der Waals surface area contributed by atoms with Gasteiger partial charge in [-0.3, -0.25) is 0 Å². The van der Waals surface area contributed by atoms with Crippen LogP contribution in [0.5, 0.6) is 0 Å². The van der Waals surface area contributed by atoms with E-state index in [4.69, 9.17) is 5.26 Å². The van der Waals surface area contributed by atoms with E-state index in [0.717, 1.165) is 0 Å². The zero-order chi connectivity index (χ0) is 8.91. The molecule has 0 rings (SSSR count). The van der Waals surface area contributed by atoms with Crippen molar-refractivity contribution >= 4 is 17.2 Å². The number of rotatable bonds is 2. The zero-order valence-corrected chi connectivity index (χ0v) is 6.22. The average Bonchev–Trinajstić information content (AvgIpc) is 1.83. The van der Waals surface area contributed by atoms with Crippen molar-refractivity contribution in [1.82, 2.24) is 5.32 Å². The molecule has 0 atom stereocenters. The van der Waals surface area contributed by atoms with Gasteiger partial charge >= 0.3 is 6.18 Å². The molecular weight excluding hydrogens is 177 g/mol. The summed E-state index contributed by atoms with van der Waals surface area (Å²) in [6.07, 6.45) is -4.45. The molecule has 1 N–H and O–H groups in total. The average molecular weight is 182 g/mol. The first kappa shape index (κ1) is 10.2. The molecule has 0 aliphatic rings. The third-order valence-corrected chi connectivity index (χ3v) is 1.01. The number of hydrogen-bond donors (Lipinski definition) is 1. The second-order valence-electron chi connectivity index (χ2n) is 1.73. The lowest BCUT2D eigenvalue weighted by molar-refractivity contribution is -0.121. The first-order valence-corrected chi connectivity index (χ1v) is 3.07. The minimum atomic E-state index is -4.28. The van der Waals surface area contributed by atoms with E-state index in [9.17, 15) is 13.2 Å². The maximum atomic E-state index is 11.5. The summed E-state index contributed by atoms with van der Waals surface area (Å²) in [5.41, 5.74) is 0. The largest absolute Gasteiger partial charge is 0.405 e. The fourth-order valence-electron chi connectivity index (χ4n) is 0.333. The molecule has 0 saturated carbocycles. The summed E-state index contributed by atoms with van der Waals surface area (Å²) in [4.78, 5) is -0.0789. The molecule has 0 aliphatic carbocycles. The Morgan fingerprint density at radius 3 is 2.45 bits per heavy atom. The molecule has 0 spiro atoms. The summed E-state index contributed by atoms with van der Waals surface area (Å²) >= 11 is 4.39. The van der Waals surface area contributed by atoms with E-state index in [1.54, 1.807) is 6.07 Å². The number of nitrogens with zero attached hydrogens (tertiary/aromatic N) is 1. The zero-order valence-electron chi connectivity index (χ0n) is 5.40. The normalized spacial score (nSPS) is 10.4. The van der Waals surface area contributed by atoms with Crippen molar-refractivity contribution in [3.05, 3.63) is 0 Å². The smallest absolute Gasteiger partial charge is 0.370 e. The minimum absolute atomic E-state index is 0.0789. The predicted molar refractivity (Wildman–Crippen MR) is 36.9 cm³/mol. The molecule has 0 heterocycles. The van der Waals surface area contributed by atoms with Crippen LogP contribution in [0.1, 0.15) is 6.42 Å². The molecule has 0 unspecified atom stereocenters. The van der Waals surface area contributed by atoms with Crippen molar-refractivity contribution in [3.8, 4) is 6.07 Å². The van der Waals surface area contributed by atoms with Crippen molar-refractivity contribution in [2.45, 2.75) is 12.6 Å². The van der Waals surface area contributed by atoms with Gasteiger partial charge in [0.25, 0.3) is 0 Å². The van der Waals surface area contributed by atoms with Crippen LogP contribution in [0.2, 0.25) is 0 Å². The number of halogens is 3. The van der Waals surface area contributed by atoms with E-state index in [1.807, 2.05) is 5.32 Å². The Bertz CT molecular complexity index is 181. The van der Waals surface area contributed by atoms with Crippen LogP contribution in [0.25, 0.3) is 0 Å². The molecule has 11 heavy (non-hydrogen) atoms. The van der Waals surface area contributed by atoms with Gasteiger partial charge in [-0.25, -0.2) is 0 Å². The van der Waals surface area contributed by atoms with Gasteiger partial charge in [0.15, 0.2) is 0 Å². The maximum absolute atomic E-state index is 11.5. The molecule has 0 saturated heterocycles. The number of hydrogen-bond acceptors (Lipinski definition) is 2. The Morgan fingerprint density at radius 2 is 2.09 bits per heavy atom. The van der Waals surface area contributed by atoms with E-state index in [-0.39, 0.29) is 11.4 Å². The molecule has 0 aromatic carbocycles. The van der Waals surface area contributed by atoms with Crippen molar-refractivity contribution in [2.75, 3.05) is 6.54 Å². The van der Waals surface area contributed by atoms with Gasteiger partial charge in [-0.2, -0.15) is 18.4 Å². The third kappa shape index (κ3) is 7.06. The Kier molecular flexibility index (Phi) is 3.82. The molecule has 0 amide bonds.